The molecule has 0 unspecified atom stereocenters. The van der Waals surface area contributed by atoms with Crippen LogP contribution in [0.4, 0.5) is 5.82 Å². The fourth-order valence-electron chi connectivity index (χ4n) is 1.67. The van der Waals surface area contributed by atoms with Gasteiger partial charge in [0.25, 0.3) is 0 Å². The Kier molecular flexibility index (Phi) is 1.28. The smallest absolute Gasteiger partial charge is 0.124 e. The molecule has 4 nitrogen and oxygen atoms in total. The van der Waals surface area contributed by atoms with Crippen LogP contribution in [0.15, 0.2) is 30.5 Å². The maximum absolute atomic E-state index is 5.64. The van der Waals surface area contributed by atoms with E-state index >= 15 is 0 Å². The first-order valence-electron chi connectivity index (χ1n) is 4.33. The van der Waals surface area contributed by atoms with E-state index < -0.39 is 0 Å². The molecule has 0 atom stereocenters. The predicted molar refractivity (Wildman–Crippen MR) is 55.8 cm³/mol. The molecular formula is C10H8N4. The summed E-state index contributed by atoms with van der Waals surface area (Å²) in [6.07, 6.45) is 1.71. The predicted octanol–water partition coefficient (Wildman–Crippen LogP) is 1.69. The number of hydrogen-bond acceptors (Lipinski definition) is 3. The third kappa shape index (κ3) is 0.877. The zero-order valence-electron chi connectivity index (χ0n) is 7.36. The SMILES string of the molecule is Nc1cc2ccc3[nH]nccc3c2n1. The molecular weight excluding hydrogens is 176 g/mol. The van der Waals surface area contributed by atoms with E-state index in [0.717, 1.165) is 21.8 Å². The number of H-pyrrole nitrogens is 1. The summed E-state index contributed by atoms with van der Waals surface area (Å²) in [6.45, 7) is 0. The van der Waals surface area contributed by atoms with Crippen LogP contribution in [0.25, 0.3) is 21.8 Å². The standard InChI is InChI=1S/C10H8N4/c11-9-5-6-1-2-8-7(10(6)13-9)3-4-12-14-8/h1-5,14H,11H2. The number of nitrogen functional groups attached to an aromatic ring is 1. The van der Waals surface area contributed by atoms with E-state index in [0.29, 0.717) is 5.82 Å². The van der Waals surface area contributed by atoms with Gasteiger partial charge in [-0.25, -0.2) is 4.98 Å². The minimum Gasteiger partial charge on any atom is -0.384 e. The molecule has 14 heavy (non-hydrogen) atoms. The number of aromatic nitrogens is 3. The Labute approximate surface area is 79.8 Å². The summed E-state index contributed by atoms with van der Waals surface area (Å²) in [7, 11) is 0. The zero-order chi connectivity index (χ0) is 9.54. The molecule has 0 amide bonds. The van der Waals surface area contributed by atoms with Gasteiger partial charge in [-0.1, -0.05) is 6.07 Å². The number of anilines is 1. The fourth-order valence-corrected chi connectivity index (χ4v) is 1.67. The number of rotatable bonds is 0. The molecule has 0 aliphatic carbocycles. The van der Waals surface area contributed by atoms with Crippen molar-refractivity contribution in [1.82, 2.24) is 15.2 Å². The van der Waals surface area contributed by atoms with E-state index in [-0.39, 0.29) is 0 Å². The largest absolute Gasteiger partial charge is 0.384 e. The van der Waals surface area contributed by atoms with Crippen LogP contribution in [0.2, 0.25) is 0 Å². The van der Waals surface area contributed by atoms with Crippen LogP contribution in [0.5, 0.6) is 0 Å². The lowest BCUT2D eigenvalue weighted by Gasteiger charge is -1.96. The van der Waals surface area contributed by atoms with Crippen molar-refractivity contribution >= 4 is 27.6 Å². The number of hydrogen-bond donors (Lipinski definition) is 2. The Morgan fingerprint density at radius 3 is 3.07 bits per heavy atom. The molecule has 0 aliphatic heterocycles. The molecule has 3 rings (SSSR count). The van der Waals surface area contributed by atoms with Gasteiger partial charge >= 0.3 is 0 Å². The summed E-state index contributed by atoms with van der Waals surface area (Å²) in [5.41, 5.74) is 7.54. The third-order valence-electron chi connectivity index (χ3n) is 2.29. The first-order valence-corrected chi connectivity index (χ1v) is 4.33. The van der Waals surface area contributed by atoms with Crippen molar-refractivity contribution in [2.24, 2.45) is 0 Å². The fraction of sp³-hybridized carbons (Fsp3) is 0. The van der Waals surface area contributed by atoms with Crippen molar-refractivity contribution in [3.05, 3.63) is 30.5 Å². The van der Waals surface area contributed by atoms with Gasteiger partial charge in [0.15, 0.2) is 0 Å². The lowest BCUT2D eigenvalue weighted by molar-refractivity contribution is 1.08. The Hall–Kier alpha value is -2.10. The normalized spacial score (nSPS) is 11.1. The Morgan fingerprint density at radius 1 is 1.21 bits per heavy atom. The lowest BCUT2D eigenvalue weighted by Crippen LogP contribution is -1.83. The van der Waals surface area contributed by atoms with Crippen LogP contribution < -0.4 is 5.73 Å². The van der Waals surface area contributed by atoms with Crippen molar-refractivity contribution in [3.8, 4) is 0 Å². The second-order valence-electron chi connectivity index (χ2n) is 3.20. The van der Waals surface area contributed by atoms with E-state index in [2.05, 4.69) is 15.2 Å². The minimum absolute atomic E-state index is 0.560. The van der Waals surface area contributed by atoms with E-state index in [9.17, 15) is 0 Å². The van der Waals surface area contributed by atoms with Gasteiger partial charge in [-0.15, -0.1) is 0 Å². The number of benzene rings is 1. The van der Waals surface area contributed by atoms with Crippen LogP contribution in [0.1, 0.15) is 0 Å². The summed E-state index contributed by atoms with van der Waals surface area (Å²) >= 11 is 0. The molecule has 3 aromatic rings. The lowest BCUT2D eigenvalue weighted by atomic mass is 10.2. The maximum Gasteiger partial charge on any atom is 0.124 e. The highest BCUT2D eigenvalue weighted by Gasteiger charge is 2.03. The van der Waals surface area contributed by atoms with Crippen LogP contribution in [0.3, 0.4) is 0 Å². The molecule has 0 fully saturated rings. The molecule has 1 aromatic carbocycles. The van der Waals surface area contributed by atoms with Gasteiger partial charge < -0.3 is 5.73 Å². The summed E-state index contributed by atoms with van der Waals surface area (Å²) < 4.78 is 0. The Balaban J connectivity index is 2.60. The second kappa shape index (κ2) is 2.45. The average Bonchev–Trinajstić information content (AvgIpc) is 2.59. The minimum atomic E-state index is 0.560. The van der Waals surface area contributed by atoms with Crippen LogP contribution >= 0.6 is 0 Å². The maximum atomic E-state index is 5.64. The molecule has 3 N–H and O–H groups in total. The van der Waals surface area contributed by atoms with Crippen molar-refractivity contribution in [2.45, 2.75) is 0 Å². The van der Waals surface area contributed by atoms with Gasteiger partial charge in [-0.3, -0.25) is 5.10 Å². The summed E-state index contributed by atoms with van der Waals surface area (Å²) in [5.74, 6) is 0.560. The molecule has 0 radical (unpaired) electrons. The monoisotopic (exact) mass is 184 g/mol. The quantitative estimate of drug-likeness (QED) is 0.558. The molecule has 68 valence electrons. The highest BCUT2D eigenvalue weighted by Crippen LogP contribution is 2.24. The van der Waals surface area contributed by atoms with Gasteiger partial charge in [-0.05, 0) is 18.2 Å². The van der Waals surface area contributed by atoms with E-state index in [4.69, 9.17) is 5.73 Å². The summed E-state index contributed by atoms with van der Waals surface area (Å²) in [5, 5.41) is 8.98. The highest BCUT2D eigenvalue weighted by atomic mass is 15.1. The number of fused-ring (bicyclic) bond motifs is 3. The first-order chi connectivity index (χ1) is 6.84. The highest BCUT2D eigenvalue weighted by molar-refractivity contribution is 6.04. The molecule has 2 heterocycles. The van der Waals surface area contributed by atoms with E-state index in [1.54, 1.807) is 6.20 Å². The number of nitrogens with zero attached hydrogens (tertiary/aromatic N) is 2. The van der Waals surface area contributed by atoms with E-state index in [1.165, 1.54) is 0 Å². The van der Waals surface area contributed by atoms with Crippen LogP contribution in [0, 0.1) is 0 Å². The molecule has 0 bridgehead atoms. The van der Waals surface area contributed by atoms with Crippen LogP contribution in [-0.2, 0) is 0 Å². The topological polar surface area (TPSA) is 67.6 Å². The number of nitrogens with two attached hydrogens (primary N) is 1. The number of nitrogens with one attached hydrogen (secondary N) is 1. The second-order valence-corrected chi connectivity index (χ2v) is 3.20. The molecule has 0 saturated heterocycles. The Morgan fingerprint density at radius 2 is 2.14 bits per heavy atom. The first kappa shape index (κ1) is 7.32. The summed E-state index contributed by atoms with van der Waals surface area (Å²) in [4.78, 5) is 4.27. The molecule has 2 aromatic heterocycles. The van der Waals surface area contributed by atoms with Gasteiger partial charge in [-0.2, -0.15) is 5.10 Å². The molecule has 0 saturated carbocycles. The van der Waals surface area contributed by atoms with Crippen molar-refractivity contribution in [3.63, 3.8) is 0 Å². The van der Waals surface area contributed by atoms with Gasteiger partial charge in [0.05, 0.1) is 11.0 Å². The zero-order valence-corrected chi connectivity index (χ0v) is 7.36. The Bertz CT molecular complexity index is 612. The van der Waals surface area contributed by atoms with Crippen molar-refractivity contribution in [2.75, 3.05) is 5.73 Å². The van der Waals surface area contributed by atoms with Gasteiger partial charge in [0.1, 0.15) is 5.82 Å². The molecule has 4 heteroatoms. The molecule has 0 spiro atoms. The van der Waals surface area contributed by atoms with Gasteiger partial charge in [0, 0.05) is 17.0 Å². The van der Waals surface area contributed by atoms with E-state index in [1.807, 2.05) is 24.3 Å². The number of aromatic amines is 1. The molecule has 0 aliphatic rings. The van der Waals surface area contributed by atoms with Crippen LogP contribution in [-0.4, -0.2) is 15.2 Å². The third-order valence-corrected chi connectivity index (χ3v) is 2.29. The average molecular weight is 184 g/mol. The van der Waals surface area contributed by atoms with Crippen molar-refractivity contribution in [1.29, 1.82) is 0 Å². The summed E-state index contributed by atoms with van der Waals surface area (Å²) in [6, 6.07) is 7.76. The van der Waals surface area contributed by atoms with Crippen molar-refractivity contribution < 1.29 is 0 Å². The van der Waals surface area contributed by atoms with Gasteiger partial charge in [0.2, 0.25) is 0 Å².